The van der Waals surface area contributed by atoms with Crippen LogP contribution in [0.25, 0.3) is 0 Å². The van der Waals surface area contributed by atoms with Gasteiger partial charge >= 0.3 is 6.09 Å². The second-order valence-corrected chi connectivity index (χ2v) is 12.3. The molecule has 1 aliphatic rings. The summed E-state index contributed by atoms with van der Waals surface area (Å²) >= 11 is 0. The van der Waals surface area contributed by atoms with Crippen molar-refractivity contribution in [2.75, 3.05) is 18.0 Å². The summed E-state index contributed by atoms with van der Waals surface area (Å²) in [5, 5.41) is 0. The van der Waals surface area contributed by atoms with E-state index in [1.165, 1.54) is 0 Å². The number of aromatic nitrogens is 2. The zero-order valence-electron chi connectivity index (χ0n) is 26.0. The van der Waals surface area contributed by atoms with Gasteiger partial charge in [0.15, 0.2) is 0 Å². The zero-order valence-corrected chi connectivity index (χ0v) is 26.0. The topological polar surface area (TPSA) is 67.7 Å². The smallest absolute Gasteiger partial charge is 0.414 e. The van der Waals surface area contributed by atoms with Gasteiger partial charge in [-0.1, -0.05) is 109 Å². The minimum absolute atomic E-state index is 0.0502. The number of ether oxygens (including phenoxy) is 1. The highest BCUT2D eigenvalue weighted by Gasteiger charge is 2.38. The first-order valence-electron chi connectivity index (χ1n) is 15.3. The summed E-state index contributed by atoms with van der Waals surface area (Å²) in [6.07, 6.45) is 3.54. The van der Waals surface area contributed by atoms with Crippen LogP contribution in [0, 0.1) is 0 Å². The molecule has 2 amide bonds. The van der Waals surface area contributed by atoms with Crippen LogP contribution < -0.4 is 4.90 Å². The summed E-state index contributed by atoms with van der Waals surface area (Å²) in [4.78, 5) is 35.2. The number of imidazole rings is 1. The van der Waals surface area contributed by atoms with Crippen molar-refractivity contribution in [2.45, 2.75) is 44.9 Å². The number of para-hydroxylation sites is 1. The van der Waals surface area contributed by atoms with Crippen molar-refractivity contribution in [3.05, 3.63) is 156 Å². The summed E-state index contributed by atoms with van der Waals surface area (Å²) < 4.78 is 7.82. The van der Waals surface area contributed by atoms with E-state index in [1.54, 1.807) is 9.80 Å². The Hall–Kier alpha value is -5.17. The highest BCUT2D eigenvalue weighted by atomic mass is 16.6. The summed E-state index contributed by atoms with van der Waals surface area (Å²) in [5.74, 6) is -0.0502. The molecule has 0 saturated carbocycles. The second-order valence-electron chi connectivity index (χ2n) is 12.3. The molecule has 0 atom stereocenters. The molecule has 45 heavy (non-hydrogen) atoms. The standard InChI is InChI=1S/C38H38N4O3/c1-37(2,3)45-36(44)42-24-23-40(26-29-15-13-14-22-34(29)42)35(43)25-33-27-41(28-39-33)38(30-16-7-4-8-17-30,31-18-9-5-10-19-31)32-20-11-6-12-21-32/h4-22,27-28H,23-26H2,1-3H3. The molecule has 2 heterocycles. The quantitative estimate of drug-likeness (QED) is 0.197. The lowest BCUT2D eigenvalue weighted by Gasteiger charge is -2.37. The third-order valence-corrected chi connectivity index (χ3v) is 8.13. The monoisotopic (exact) mass is 598 g/mol. The average Bonchev–Trinajstić information content (AvgIpc) is 3.41. The van der Waals surface area contributed by atoms with Crippen molar-refractivity contribution in [1.82, 2.24) is 14.5 Å². The SMILES string of the molecule is CC(C)(C)OC(=O)N1CCN(C(=O)Cc2cn(C(c3ccccc3)(c3ccccc3)c3ccccc3)cn2)Cc2ccccc21. The Labute approximate surface area is 264 Å². The predicted octanol–water partition coefficient (Wildman–Crippen LogP) is 7.05. The summed E-state index contributed by atoms with van der Waals surface area (Å²) in [7, 11) is 0. The van der Waals surface area contributed by atoms with E-state index in [4.69, 9.17) is 9.72 Å². The lowest BCUT2D eigenvalue weighted by Crippen LogP contribution is -2.41. The van der Waals surface area contributed by atoms with Crippen molar-refractivity contribution in [2.24, 2.45) is 0 Å². The first-order chi connectivity index (χ1) is 21.8. The lowest BCUT2D eigenvalue weighted by atomic mass is 9.77. The molecule has 0 N–H and O–H groups in total. The van der Waals surface area contributed by atoms with Crippen LogP contribution in [0.4, 0.5) is 10.5 Å². The van der Waals surface area contributed by atoms with Crippen LogP contribution in [-0.2, 0) is 28.0 Å². The Kier molecular flexibility index (Phi) is 8.26. The van der Waals surface area contributed by atoms with Crippen molar-refractivity contribution in [3.63, 3.8) is 0 Å². The number of amides is 2. The molecule has 7 nitrogen and oxygen atoms in total. The van der Waals surface area contributed by atoms with Crippen molar-refractivity contribution in [1.29, 1.82) is 0 Å². The van der Waals surface area contributed by atoms with E-state index in [0.717, 1.165) is 27.9 Å². The van der Waals surface area contributed by atoms with Crippen LogP contribution in [0.3, 0.4) is 0 Å². The van der Waals surface area contributed by atoms with Gasteiger partial charge in [-0.15, -0.1) is 0 Å². The van der Waals surface area contributed by atoms with Gasteiger partial charge in [-0.05, 0) is 49.1 Å². The Morgan fingerprint density at radius 1 is 0.733 bits per heavy atom. The Morgan fingerprint density at radius 2 is 1.27 bits per heavy atom. The van der Waals surface area contributed by atoms with Crippen LogP contribution in [0.15, 0.2) is 128 Å². The Balaban J connectivity index is 1.32. The number of benzene rings is 4. The van der Waals surface area contributed by atoms with E-state index in [1.807, 2.05) is 75.8 Å². The molecule has 0 radical (unpaired) electrons. The van der Waals surface area contributed by atoms with Gasteiger partial charge in [0.1, 0.15) is 11.1 Å². The largest absolute Gasteiger partial charge is 0.443 e. The van der Waals surface area contributed by atoms with Crippen LogP contribution in [0.1, 0.15) is 48.7 Å². The van der Waals surface area contributed by atoms with Crippen molar-refractivity contribution >= 4 is 17.7 Å². The van der Waals surface area contributed by atoms with E-state index >= 15 is 0 Å². The van der Waals surface area contributed by atoms with Gasteiger partial charge in [0.2, 0.25) is 5.91 Å². The Morgan fingerprint density at radius 3 is 1.82 bits per heavy atom. The molecule has 5 aromatic rings. The van der Waals surface area contributed by atoms with Crippen LogP contribution in [0.5, 0.6) is 0 Å². The number of rotatable bonds is 6. The van der Waals surface area contributed by atoms with Gasteiger partial charge in [0.25, 0.3) is 0 Å². The van der Waals surface area contributed by atoms with Gasteiger partial charge < -0.3 is 14.2 Å². The number of anilines is 1. The average molecular weight is 599 g/mol. The minimum atomic E-state index is -0.701. The summed E-state index contributed by atoms with van der Waals surface area (Å²) in [5.41, 5.74) is 4.28. The minimum Gasteiger partial charge on any atom is -0.443 e. The molecule has 0 fully saturated rings. The van der Waals surface area contributed by atoms with Gasteiger partial charge in [0.05, 0.1) is 24.1 Å². The number of fused-ring (bicyclic) bond motifs is 1. The molecule has 1 aromatic heterocycles. The molecule has 0 aliphatic carbocycles. The predicted molar refractivity (Wildman–Crippen MR) is 176 cm³/mol. The van der Waals surface area contributed by atoms with E-state index in [-0.39, 0.29) is 12.3 Å². The normalized spacial score (nSPS) is 13.6. The number of hydrogen-bond donors (Lipinski definition) is 0. The number of carbonyl (C=O) groups is 2. The fourth-order valence-electron chi connectivity index (χ4n) is 6.14. The van der Waals surface area contributed by atoms with Gasteiger partial charge in [-0.25, -0.2) is 9.78 Å². The maximum Gasteiger partial charge on any atom is 0.414 e. The van der Waals surface area contributed by atoms with Gasteiger partial charge in [-0.3, -0.25) is 9.69 Å². The molecule has 0 saturated heterocycles. The van der Waals surface area contributed by atoms with Crippen LogP contribution >= 0.6 is 0 Å². The lowest BCUT2D eigenvalue weighted by molar-refractivity contribution is -0.131. The molecule has 1 aliphatic heterocycles. The molecule has 7 heteroatoms. The number of nitrogens with zero attached hydrogens (tertiary/aromatic N) is 4. The van der Waals surface area contributed by atoms with Crippen molar-refractivity contribution < 1.29 is 14.3 Å². The molecular weight excluding hydrogens is 560 g/mol. The first kappa shape index (κ1) is 29.9. The fraction of sp³-hybridized carbons (Fsp3) is 0.237. The second kappa shape index (κ2) is 12.4. The zero-order chi connectivity index (χ0) is 31.4. The number of carbonyl (C=O) groups excluding carboxylic acids is 2. The highest BCUT2D eigenvalue weighted by molar-refractivity contribution is 5.90. The highest BCUT2D eigenvalue weighted by Crippen LogP contribution is 2.40. The van der Waals surface area contributed by atoms with Gasteiger partial charge in [0, 0.05) is 25.8 Å². The maximum absolute atomic E-state index is 13.8. The summed E-state index contributed by atoms with van der Waals surface area (Å²) in [6.45, 7) is 6.68. The number of hydrogen-bond acceptors (Lipinski definition) is 4. The molecule has 0 bridgehead atoms. The molecule has 0 spiro atoms. The molecular formula is C38H38N4O3. The summed E-state index contributed by atoms with van der Waals surface area (Å²) in [6, 6.07) is 38.9. The molecule has 6 rings (SSSR count). The van der Waals surface area contributed by atoms with Crippen LogP contribution in [-0.4, -0.2) is 45.1 Å². The third kappa shape index (κ3) is 6.11. The first-order valence-corrected chi connectivity index (χ1v) is 15.3. The Bertz CT molecular complexity index is 1660. The molecule has 0 unspecified atom stereocenters. The molecule has 228 valence electrons. The van der Waals surface area contributed by atoms with Crippen LogP contribution in [0.2, 0.25) is 0 Å². The van der Waals surface area contributed by atoms with E-state index in [9.17, 15) is 9.59 Å². The fourth-order valence-corrected chi connectivity index (χ4v) is 6.14. The van der Waals surface area contributed by atoms with E-state index in [0.29, 0.717) is 25.3 Å². The maximum atomic E-state index is 13.8. The van der Waals surface area contributed by atoms with E-state index in [2.05, 4.69) is 77.4 Å². The van der Waals surface area contributed by atoms with Crippen molar-refractivity contribution in [3.8, 4) is 0 Å². The van der Waals surface area contributed by atoms with Gasteiger partial charge in [-0.2, -0.15) is 0 Å². The third-order valence-electron chi connectivity index (χ3n) is 8.13. The molecule has 4 aromatic carbocycles. The van der Waals surface area contributed by atoms with E-state index < -0.39 is 17.2 Å².